The smallest absolute Gasteiger partial charge is 0.152 e. The Labute approximate surface area is 131 Å². The Morgan fingerprint density at radius 3 is 2.95 bits per heavy atom. The number of thiophene rings is 1. The fourth-order valence-corrected chi connectivity index (χ4v) is 7.14. The molecule has 0 aromatic carbocycles. The summed E-state index contributed by atoms with van der Waals surface area (Å²) in [5.74, 6) is 0. The van der Waals surface area contributed by atoms with Gasteiger partial charge in [-0.15, -0.1) is 11.3 Å². The van der Waals surface area contributed by atoms with E-state index in [1.54, 1.807) is 0 Å². The number of nitrogens with zero attached hydrogens (tertiary/aromatic N) is 1. The van der Waals surface area contributed by atoms with Gasteiger partial charge in [0, 0.05) is 30.3 Å². The third-order valence-electron chi connectivity index (χ3n) is 5.39. The van der Waals surface area contributed by atoms with Gasteiger partial charge in [-0.2, -0.15) is 0 Å². The van der Waals surface area contributed by atoms with E-state index in [4.69, 9.17) is 5.73 Å². The van der Waals surface area contributed by atoms with E-state index in [0.717, 1.165) is 32.2 Å². The van der Waals surface area contributed by atoms with Crippen molar-refractivity contribution in [2.75, 3.05) is 19.3 Å². The van der Waals surface area contributed by atoms with Gasteiger partial charge in [0.2, 0.25) is 0 Å². The van der Waals surface area contributed by atoms with Crippen LogP contribution in [-0.4, -0.2) is 43.5 Å². The van der Waals surface area contributed by atoms with Gasteiger partial charge in [-0.05, 0) is 43.2 Å². The van der Waals surface area contributed by atoms with Crippen molar-refractivity contribution in [1.82, 2.24) is 4.90 Å². The van der Waals surface area contributed by atoms with Crippen LogP contribution in [-0.2, 0) is 16.3 Å². The zero-order valence-electron chi connectivity index (χ0n) is 12.7. The van der Waals surface area contributed by atoms with Gasteiger partial charge in [0.25, 0.3) is 0 Å². The molecule has 1 saturated carbocycles. The first kappa shape index (κ1) is 15.5. The Balaban J connectivity index is 2.01. The van der Waals surface area contributed by atoms with Gasteiger partial charge in [0.05, 0.1) is 10.8 Å². The molecule has 0 bridgehead atoms. The van der Waals surface area contributed by atoms with Crippen LogP contribution in [0, 0.1) is 0 Å². The van der Waals surface area contributed by atoms with E-state index >= 15 is 0 Å². The fraction of sp³-hybridized carbons (Fsp3) is 0.733. The van der Waals surface area contributed by atoms with Crippen LogP contribution in [0.25, 0.3) is 0 Å². The number of rotatable bonds is 3. The van der Waals surface area contributed by atoms with Gasteiger partial charge < -0.3 is 5.73 Å². The average molecular weight is 329 g/mol. The maximum absolute atomic E-state index is 12.3. The molecule has 1 fully saturated rings. The lowest BCUT2D eigenvalue weighted by Crippen LogP contribution is -2.62. The Morgan fingerprint density at radius 1 is 1.52 bits per heavy atom. The average Bonchev–Trinajstić information content (AvgIpc) is 3.05. The number of sulfone groups is 1. The molecule has 1 aliphatic heterocycles. The highest BCUT2D eigenvalue weighted by Crippen LogP contribution is 2.45. The molecule has 0 spiro atoms. The largest absolute Gasteiger partial charge is 0.329 e. The van der Waals surface area contributed by atoms with E-state index in [2.05, 4.69) is 23.3 Å². The zero-order chi connectivity index (χ0) is 15.3. The predicted molar refractivity (Wildman–Crippen MR) is 87.4 cm³/mol. The van der Waals surface area contributed by atoms with E-state index in [1.165, 1.54) is 16.7 Å². The first-order valence-corrected chi connectivity index (χ1v) is 10.5. The van der Waals surface area contributed by atoms with Crippen molar-refractivity contribution in [3.05, 3.63) is 21.9 Å². The van der Waals surface area contributed by atoms with Crippen LogP contribution in [0.1, 0.15) is 42.7 Å². The summed E-state index contributed by atoms with van der Waals surface area (Å²) in [6.07, 6.45) is 4.98. The highest BCUT2D eigenvalue weighted by Gasteiger charge is 2.52. The first-order valence-electron chi connectivity index (χ1n) is 7.62. The molecule has 1 aromatic heterocycles. The summed E-state index contributed by atoms with van der Waals surface area (Å²) in [6, 6.07) is 2.44. The number of nitrogens with two attached hydrogens (primary N) is 1. The molecule has 21 heavy (non-hydrogen) atoms. The quantitative estimate of drug-likeness (QED) is 0.921. The normalized spacial score (nSPS) is 34.0. The van der Waals surface area contributed by atoms with Crippen LogP contribution >= 0.6 is 11.3 Å². The van der Waals surface area contributed by atoms with Gasteiger partial charge in [-0.25, -0.2) is 8.42 Å². The summed E-state index contributed by atoms with van der Waals surface area (Å²) in [5.41, 5.74) is 7.12. The lowest BCUT2D eigenvalue weighted by Gasteiger charge is -2.49. The van der Waals surface area contributed by atoms with E-state index in [9.17, 15) is 8.42 Å². The molecule has 2 aliphatic rings. The molecule has 1 aliphatic carbocycles. The molecular weight excluding hydrogens is 304 g/mol. The molecule has 4 nitrogen and oxygen atoms in total. The number of fused-ring (bicyclic) bond motifs is 1. The lowest BCUT2D eigenvalue weighted by atomic mass is 9.88. The summed E-state index contributed by atoms with van der Waals surface area (Å²) >= 11 is 1.81. The second kappa shape index (κ2) is 5.33. The summed E-state index contributed by atoms with van der Waals surface area (Å²) in [7, 11) is -3.08. The number of hydrogen-bond acceptors (Lipinski definition) is 5. The summed E-state index contributed by atoms with van der Waals surface area (Å²) in [5, 5.41) is 1.82. The molecule has 118 valence electrons. The monoisotopic (exact) mass is 328 g/mol. The topological polar surface area (TPSA) is 63.4 Å². The van der Waals surface area contributed by atoms with Crippen LogP contribution in [0.15, 0.2) is 11.4 Å². The zero-order valence-corrected chi connectivity index (χ0v) is 14.3. The Kier molecular flexibility index (Phi) is 3.93. The van der Waals surface area contributed by atoms with Crippen molar-refractivity contribution in [2.24, 2.45) is 5.73 Å². The van der Waals surface area contributed by atoms with Crippen LogP contribution in [0.4, 0.5) is 0 Å². The molecule has 2 heterocycles. The van der Waals surface area contributed by atoms with Gasteiger partial charge in [0.1, 0.15) is 0 Å². The minimum absolute atomic E-state index is 0.255. The molecule has 2 N–H and O–H groups in total. The molecule has 0 radical (unpaired) electrons. The van der Waals surface area contributed by atoms with Crippen LogP contribution in [0.5, 0.6) is 0 Å². The van der Waals surface area contributed by atoms with Crippen molar-refractivity contribution < 1.29 is 8.42 Å². The van der Waals surface area contributed by atoms with E-state index in [-0.39, 0.29) is 16.8 Å². The third-order valence-corrected chi connectivity index (χ3v) is 8.10. The van der Waals surface area contributed by atoms with Gasteiger partial charge in [0.15, 0.2) is 9.84 Å². The molecule has 1 aromatic rings. The maximum Gasteiger partial charge on any atom is 0.152 e. The minimum atomic E-state index is -3.08. The molecule has 3 rings (SSSR count). The number of hydrogen-bond donors (Lipinski definition) is 1. The highest BCUT2D eigenvalue weighted by molar-refractivity contribution is 7.91. The van der Waals surface area contributed by atoms with Gasteiger partial charge in [-0.1, -0.05) is 6.42 Å². The summed E-state index contributed by atoms with van der Waals surface area (Å²) in [6.45, 7) is 3.53. The van der Waals surface area contributed by atoms with E-state index in [0.29, 0.717) is 6.54 Å². The Morgan fingerprint density at radius 2 is 2.29 bits per heavy atom. The maximum atomic E-state index is 12.3. The molecule has 0 saturated heterocycles. The minimum Gasteiger partial charge on any atom is -0.329 e. The predicted octanol–water partition coefficient (Wildman–Crippen LogP) is 1.96. The molecule has 3 unspecified atom stereocenters. The van der Waals surface area contributed by atoms with Crippen molar-refractivity contribution in [2.45, 2.75) is 49.4 Å². The van der Waals surface area contributed by atoms with Crippen molar-refractivity contribution in [3.63, 3.8) is 0 Å². The third kappa shape index (κ3) is 2.36. The van der Waals surface area contributed by atoms with Gasteiger partial charge in [-0.3, -0.25) is 4.90 Å². The van der Waals surface area contributed by atoms with E-state index in [1.807, 2.05) is 11.3 Å². The van der Waals surface area contributed by atoms with Crippen molar-refractivity contribution >= 4 is 21.2 Å². The van der Waals surface area contributed by atoms with Crippen molar-refractivity contribution in [1.29, 1.82) is 0 Å². The fourth-order valence-electron chi connectivity index (χ4n) is 4.43. The second-order valence-corrected chi connectivity index (χ2v) is 9.67. The first-order chi connectivity index (χ1) is 9.90. The van der Waals surface area contributed by atoms with Crippen LogP contribution in [0.2, 0.25) is 0 Å². The SMILES string of the molecule is CC1c2ccsc2CCN1C1(CN)CCCC1S(C)(=O)=O. The molecular formula is C15H24N2O2S2. The van der Waals surface area contributed by atoms with Crippen LogP contribution in [0.3, 0.4) is 0 Å². The summed E-state index contributed by atoms with van der Waals surface area (Å²) < 4.78 is 24.5. The molecule has 3 atom stereocenters. The van der Waals surface area contributed by atoms with Crippen LogP contribution < -0.4 is 5.73 Å². The highest BCUT2D eigenvalue weighted by atomic mass is 32.2. The lowest BCUT2D eigenvalue weighted by molar-refractivity contribution is 0.0544. The van der Waals surface area contributed by atoms with Gasteiger partial charge >= 0.3 is 0 Å². The second-order valence-electron chi connectivity index (χ2n) is 6.44. The molecule has 0 amide bonds. The van der Waals surface area contributed by atoms with Crippen molar-refractivity contribution in [3.8, 4) is 0 Å². The molecule has 6 heteroatoms. The Bertz CT molecular complexity index is 625. The standard InChI is InChI=1S/C15H24N2O2S2/c1-11-12-6-9-20-13(12)5-8-17(11)15(10-16)7-3-4-14(15)21(2,18)19/h6,9,11,14H,3-5,7-8,10,16H2,1-2H3. The van der Waals surface area contributed by atoms with E-state index < -0.39 is 9.84 Å². The summed E-state index contributed by atoms with van der Waals surface area (Å²) in [4.78, 5) is 3.83. The Hall–Kier alpha value is -0.430.